The van der Waals surface area contributed by atoms with Gasteiger partial charge in [0.05, 0.1) is 11.2 Å². The maximum atomic E-state index is 12.0. The summed E-state index contributed by atoms with van der Waals surface area (Å²) in [6.45, 7) is 0. The average Bonchev–Trinajstić information content (AvgIpc) is 2.43. The van der Waals surface area contributed by atoms with Crippen LogP contribution in [0.2, 0.25) is 5.02 Å². The number of halogens is 1. The third-order valence-corrected chi connectivity index (χ3v) is 3.82. The highest BCUT2D eigenvalue weighted by Crippen LogP contribution is 2.16. The number of amides is 1. The highest BCUT2D eigenvalue weighted by atomic mass is 35.5. The van der Waals surface area contributed by atoms with Gasteiger partial charge in [0, 0.05) is 0 Å². The van der Waals surface area contributed by atoms with Crippen molar-refractivity contribution in [3.05, 3.63) is 16.9 Å². The molecule has 1 amide bonds. The fourth-order valence-electron chi connectivity index (χ4n) is 1.33. The molecule has 110 valence electrons. The SMILES string of the molecule is CSCC[C@H](NC(=O)c1nc(SC)ncc1Cl)C(=O)O. The first-order valence-corrected chi connectivity index (χ1v) is 8.58. The van der Waals surface area contributed by atoms with Gasteiger partial charge >= 0.3 is 5.97 Å². The molecule has 9 heteroatoms. The molecule has 0 aliphatic heterocycles. The van der Waals surface area contributed by atoms with E-state index in [0.717, 1.165) is 0 Å². The number of hydrogen-bond acceptors (Lipinski definition) is 6. The van der Waals surface area contributed by atoms with Crippen LogP contribution in [0.25, 0.3) is 0 Å². The lowest BCUT2D eigenvalue weighted by molar-refractivity contribution is -0.139. The Balaban J connectivity index is 2.85. The van der Waals surface area contributed by atoms with Crippen molar-refractivity contribution in [2.45, 2.75) is 17.6 Å². The molecular weight excluding hydrogens is 322 g/mol. The molecule has 0 aromatic carbocycles. The highest BCUT2D eigenvalue weighted by Gasteiger charge is 2.22. The Morgan fingerprint density at radius 3 is 2.75 bits per heavy atom. The number of aliphatic carboxylic acids is 1. The first-order chi connectivity index (χ1) is 9.49. The fraction of sp³-hybridized carbons (Fsp3) is 0.455. The molecule has 6 nitrogen and oxygen atoms in total. The third-order valence-electron chi connectivity index (χ3n) is 2.33. The molecule has 0 saturated heterocycles. The number of nitrogens with one attached hydrogen (secondary N) is 1. The highest BCUT2D eigenvalue weighted by molar-refractivity contribution is 7.98. The van der Waals surface area contributed by atoms with E-state index >= 15 is 0 Å². The fourth-order valence-corrected chi connectivity index (χ4v) is 2.32. The van der Waals surface area contributed by atoms with Crippen LogP contribution < -0.4 is 5.32 Å². The second-order valence-corrected chi connectivity index (χ2v) is 5.87. The number of aromatic nitrogens is 2. The molecule has 0 bridgehead atoms. The van der Waals surface area contributed by atoms with Crippen LogP contribution in [-0.2, 0) is 4.79 Å². The number of nitrogens with zero attached hydrogens (tertiary/aromatic N) is 2. The van der Waals surface area contributed by atoms with Gasteiger partial charge in [-0.25, -0.2) is 14.8 Å². The summed E-state index contributed by atoms with van der Waals surface area (Å²) in [6, 6.07) is -0.960. The van der Waals surface area contributed by atoms with Crippen molar-refractivity contribution in [1.82, 2.24) is 15.3 Å². The Hall–Kier alpha value is -0.990. The predicted molar refractivity (Wildman–Crippen MR) is 80.7 cm³/mol. The molecule has 1 rings (SSSR count). The molecule has 0 unspecified atom stereocenters. The minimum atomic E-state index is -1.08. The zero-order valence-corrected chi connectivity index (χ0v) is 13.3. The van der Waals surface area contributed by atoms with E-state index in [9.17, 15) is 9.59 Å². The molecule has 2 N–H and O–H groups in total. The normalized spacial score (nSPS) is 11.9. The van der Waals surface area contributed by atoms with Gasteiger partial charge in [-0.05, 0) is 24.7 Å². The third kappa shape index (κ3) is 4.84. The lowest BCUT2D eigenvalue weighted by Gasteiger charge is -2.14. The summed E-state index contributed by atoms with van der Waals surface area (Å²) in [5.74, 6) is -1.06. The summed E-state index contributed by atoms with van der Waals surface area (Å²) < 4.78 is 0. The van der Waals surface area contributed by atoms with Crippen LogP contribution >= 0.6 is 35.1 Å². The van der Waals surface area contributed by atoms with Crippen molar-refractivity contribution >= 4 is 47.0 Å². The predicted octanol–water partition coefficient (Wildman–Crippen LogP) is 1.79. The number of carbonyl (C=O) groups excluding carboxylic acids is 1. The maximum Gasteiger partial charge on any atom is 0.326 e. The minimum Gasteiger partial charge on any atom is -0.480 e. The lowest BCUT2D eigenvalue weighted by atomic mass is 10.2. The van der Waals surface area contributed by atoms with Gasteiger partial charge in [-0.15, -0.1) is 0 Å². The smallest absolute Gasteiger partial charge is 0.326 e. The van der Waals surface area contributed by atoms with E-state index in [-0.39, 0.29) is 10.7 Å². The number of thioether (sulfide) groups is 2. The van der Waals surface area contributed by atoms with Crippen LogP contribution in [0.3, 0.4) is 0 Å². The molecular formula is C11H14ClN3O3S2. The zero-order valence-electron chi connectivity index (χ0n) is 10.9. The summed E-state index contributed by atoms with van der Waals surface area (Å²) in [5.41, 5.74) is -0.0126. The van der Waals surface area contributed by atoms with Crippen LogP contribution in [0.5, 0.6) is 0 Å². The van der Waals surface area contributed by atoms with Gasteiger partial charge in [0.1, 0.15) is 6.04 Å². The van der Waals surface area contributed by atoms with Crippen LogP contribution in [0.1, 0.15) is 16.9 Å². The van der Waals surface area contributed by atoms with Gasteiger partial charge in [-0.2, -0.15) is 11.8 Å². The van der Waals surface area contributed by atoms with Gasteiger partial charge in [0.15, 0.2) is 10.9 Å². The van der Waals surface area contributed by atoms with Crippen LogP contribution in [0.15, 0.2) is 11.4 Å². The van der Waals surface area contributed by atoms with Crippen LogP contribution in [-0.4, -0.2) is 51.3 Å². The van der Waals surface area contributed by atoms with Crippen molar-refractivity contribution in [3.8, 4) is 0 Å². The van der Waals surface area contributed by atoms with E-state index in [1.807, 2.05) is 6.26 Å². The summed E-state index contributed by atoms with van der Waals surface area (Å²) in [4.78, 5) is 31.0. The Bertz CT molecular complexity index is 502. The standard InChI is InChI=1S/C11H14ClN3O3S2/c1-19-4-3-7(10(17)18)14-9(16)8-6(12)5-13-11(15-8)20-2/h5,7H,3-4H2,1-2H3,(H,14,16)(H,17,18)/t7-/m0/s1. The number of carbonyl (C=O) groups is 2. The maximum absolute atomic E-state index is 12.0. The van der Waals surface area contributed by atoms with Crippen LogP contribution in [0.4, 0.5) is 0 Å². The van der Waals surface area contributed by atoms with Gasteiger partial charge in [0.25, 0.3) is 5.91 Å². The molecule has 1 heterocycles. The monoisotopic (exact) mass is 335 g/mol. The Labute approximate surface area is 130 Å². The van der Waals surface area contributed by atoms with Gasteiger partial charge in [-0.3, -0.25) is 4.79 Å². The second kappa shape index (κ2) is 8.33. The minimum absolute atomic E-state index is 0.0126. The van der Waals surface area contributed by atoms with Crippen molar-refractivity contribution in [3.63, 3.8) is 0 Å². The zero-order chi connectivity index (χ0) is 15.1. The Kier molecular flexibility index (Phi) is 7.11. The summed E-state index contributed by atoms with van der Waals surface area (Å²) in [6.07, 6.45) is 5.30. The molecule has 1 aromatic rings. The van der Waals surface area contributed by atoms with E-state index in [0.29, 0.717) is 17.3 Å². The first-order valence-electron chi connectivity index (χ1n) is 5.58. The second-order valence-electron chi connectivity index (χ2n) is 3.70. The van der Waals surface area contributed by atoms with Gasteiger partial charge < -0.3 is 10.4 Å². The largest absolute Gasteiger partial charge is 0.480 e. The summed E-state index contributed by atoms with van der Waals surface area (Å²) in [7, 11) is 0. The molecule has 0 fully saturated rings. The van der Waals surface area contributed by atoms with Crippen LogP contribution in [0, 0.1) is 0 Å². The van der Waals surface area contributed by atoms with E-state index in [4.69, 9.17) is 16.7 Å². The number of carboxylic acid groups (broad SMARTS) is 1. The summed E-state index contributed by atoms with van der Waals surface area (Å²) in [5, 5.41) is 12.0. The van der Waals surface area contributed by atoms with Gasteiger partial charge in [0.2, 0.25) is 0 Å². The molecule has 0 aliphatic carbocycles. The lowest BCUT2D eigenvalue weighted by Crippen LogP contribution is -2.41. The van der Waals surface area contributed by atoms with Gasteiger partial charge in [-0.1, -0.05) is 23.4 Å². The number of hydrogen-bond donors (Lipinski definition) is 2. The van der Waals surface area contributed by atoms with E-state index < -0.39 is 17.9 Å². The molecule has 1 atom stereocenters. The van der Waals surface area contributed by atoms with Crippen molar-refractivity contribution in [2.75, 3.05) is 18.3 Å². The molecule has 0 spiro atoms. The average molecular weight is 336 g/mol. The molecule has 0 aliphatic rings. The summed E-state index contributed by atoms with van der Waals surface area (Å²) >= 11 is 8.65. The van der Waals surface area contributed by atoms with E-state index in [1.165, 1.54) is 29.7 Å². The van der Waals surface area contributed by atoms with E-state index in [2.05, 4.69) is 15.3 Å². The van der Waals surface area contributed by atoms with Crippen molar-refractivity contribution in [2.24, 2.45) is 0 Å². The molecule has 20 heavy (non-hydrogen) atoms. The number of rotatable bonds is 7. The number of carboxylic acids is 1. The topological polar surface area (TPSA) is 92.2 Å². The van der Waals surface area contributed by atoms with Crippen molar-refractivity contribution < 1.29 is 14.7 Å². The molecule has 0 radical (unpaired) electrons. The Morgan fingerprint density at radius 1 is 1.50 bits per heavy atom. The quantitative estimate of drug-likeness (QED) is 0.579. The molecule has 0 saturated carbocycles. The first kappa shape index (κ1) is 17.1. The van der Waals surface area contributed by atoms with Crippen molar-refractivity contribution in [1.29, 1.82) is 0 Å². The molecule has 1 aromatic heterocycles. The van der Waals surface area contributed by atoms with E-state index in [1.54, 1.807) is 6.26 Å². The Morgan fingerprint density at radius 2 is 2.20 bits per heavy atom.